The lowest BCUT2D eigenvalue weighted by Gasteiger charge is -2.13. The Morgan fingerprint density at radius 1 is 1.00 bits per heavy atom. The molecule has 0 bridgehead atoms. The van der Waals surface area contributed by atoms with Gasteiger partial charge < -0.3 is 15.8 Å². The predicted molar refractivity (Wildman–Crippen MR) is 101 cm³/mol. The van der Waals surface area contributed by atoms with Gasteiger partial charge in [-0.3, -0.25) is 14.6 Å². The number of benzene rings is 1. The van der Waals surface area contributed by atoms with Gasteiger partial charge in [-0.25, -0.2) is 13.8 Å². The molecule has 0 saturated heterocycles. The van der Waals surface area contributed by atoms with Gasteiger partial charge in [-0.05, 0) is 42.5 Å². The average Bonchev–Trinajstić information content (AvgIpc) is 2.74. The molecule has 3 rings (SSSR count). The second-order valence-corrected chi connectivity index (χ2v) is 6.29. The molecule has 0 atom stereocenters. The van der Waals surface area contributed by atoms with Crippen LogP contribution in [0.15, 0.2) is 54.9 Å². The van der Waals surface area contributed by atoms with Crippen LogP contribution < -0.4 is 15.8 Å². The number of rotatable bonds is 6. The summed E-state index contributed by atoms with van der Waals surface area (Å²) in [7, 11) is 0. The Kier molecular flexibility index (Phi) is 6.32. The summed E-state index contributed by atoms with van der Waals surface area (Å²) < 4.78 is 69.9. The van der Waals surface area contributed by atoms with E-state index in [1.54, 1.807) is 0 Å². The van der Waals surface area contributed by atoms with Crippen LogP contribution >= 0.6 is 0 Å². The number of ether oxygens (including phenoxy) is 1. The van der Waals surface area contributed by atoms with E-state index in [2.05, 4.69) is 15.3 Å². The van der Waals surface area contributed by atoms with Crippen molar-refractivity contribution in [3.8, 4) is 11.6 Å². The van der Waals surface area contributed by atoms with E-state index in [1.165, 1.54) is 24.3 Å². The van der Waals surface area contributed by atoms with E-state index in [-0.39, 0.29) is 17.0 Å². The highest BCUT2D eigenvalue weighted by Gasteiger charge is 2.33. The number of carbonyl (C=O) groups excluding carboxylic acids is 2. The monoisotopic (exact) mass is 452 g/mol. The van der Waals surface area contributed by atoms with Gasteiger partial charge in [0.05, 0.1) is 11.8 Å². The van der Waals surface area contributed by atoms with Crippen molar-refractivity contribution < 1.29 is 36.3 Å². The van der Waals surface area contributed by atoms with Gasteiger partial charge in [-0.15, -0.1) is 0 Å². The van der Waals surface area contributed by atoms with Crippen LogP contribution in [0, 0.1) is 0 Å². The first-order chi connectivity index (χ1) is 15.0. The minimum Gasteiger partial charge on any atom is -0.437 e. The number of carbonyl (C=O) groups is 2. The SMILES string of the molecule is NC(=O)c1ccc(NC(=O)c2cc(C(F)(F)F)cnc2Oc2ccc(C(F)F)nc2)cc1. The molecule has 0 saturated carbocycles. The predicted octanol–water partition coefficient (Wildman–Crippen LogP) is 4.58. The quantitative estimate of drug-likeness (QED) is 0.533. The van der Waals surface area contributed by atoms with Crippen molar-refractivity contribution in [1.29, 1.82) is 0 Å². The molecule has 166 valence electrons. The van der Waals surface area contributed by atoms with Gasteiger partial charge in [0, 0.05) is 17.4 Å². The van der Waals surface area contributed by atoms with E-state index in [1.807, 2.05) is 0 Å². The summed E-state index contributed by atoms with van der Waals surface area (Å²) in [5.41, 5.74) is 3.14. The molecule has 12 heteroatoms. The molecule has 1 aromatic carbocycles. The number of hydrogen-bond acceptors (Lipinski definition) is 5. The molecule has 2 amide bonds. The van der Waals surface area contributed by atoms with Crippen LogP contribution in [0.4, 0.5) is 27.6 Å². The Morgan fingerprint density at radius 3 is 2.22 bits per heavy atom. The molecule has 0 unspecified atom stereocenters. The molecule has 0 fully saturated rings. The van der Waals surface area contributed by atoms with Crippen molar-refractivity contribution in [2.45, 2.75) is 12.6 Å². The summed E-state index contributed by atoms with van der Waals surface area (Å²) in [5.74, 6) is -2.33. The van der Waals surface area contributed by atoms with Gasteiger partial charge in [0.15, 0.2) is 0 Å². The third kappa shape index (κ3) is 5.33. The highest BCUT2D eigenvalue weighted by molar-refractivity contribution is 6.06. The first-order valence-electron chi connectivity index (χ1n) is 8.75. The van der Waals surface area contributed by atoms with Crippen molar-refractivity contribution in [2.75, 3.05) is 5.32 Å². The van der Waals surface area contributed by atoms with Crippen LogP contribution in [0.2, 0.25) is 0 Å². The van der Waals surface area contributed by atoms with Crippen LogP contribution in [-0.2, 0) is 6.18 Å². The zero-order valence-electron chi connectivity index (χ0n) is 15.9. The number of aromatic nitrogens is 2. The fraction of sp³-hybridized carbons (Fsp3) is 0.100. The summed E-state index contributed by atoms with van der Waals surface area (Å²) >= 11 is 0. The summed E-state index contributed by atoms with van der Waals surface area (Å²) in [6.07, 6.45) is -6.22. The topological polar surface area (TPSA) is 107 Å². The number of nitrogens with two attached hydrogens (primary N) is 1. The molecule has 0 aliphatic heterocycles. The molecule has 2 aromatic heterocycles. The van der Waals surface area contributed by atoms with Crippen LogP contribution in [-0.4, -0.2) is 21.8 Å². The molecule has 32 heavy (non-hydrogen) atoms. The van der Waals surface area contributed by atoms with Crippen molar-refractivity contribution in [3.63, 3.8) is 0 Å². The summed E-state index contributed by atoms with van der Waals surface area (Å²) in [5, 5.41) is 2.36. The second-order valence-electron chi connectivity index (χ2n) is 6.29. The Morgan fingerprint density at radius 2 is 1.69 bits per heavy atom. The summed E-state index contributed by atoms with van der Waals surface area (Å²) in [6.45, 7) is 0. The van der Waals surface area contributed by atoms with Crippen LogP contribution in [0.1, 0.15) is 38.4 Å². The zero-order valence-corrected chi connectivity index (χ0v) is 15.9. The van der Waals surface area contributed by atoms with Gasteiger partial charge in [0.1, 0.15) is 17.0 Å². The molecular formula is C20H13F5N4O3. The average molecular weight is 452 g/mol. The number of anilines is 1. The lowest BCUT2D eigenvalue weighted by atomic mass is 10.1. The van der Waals surface area contributed by atoms with E-state index < -0.39 is 47.1 Å². The Labute approximate surface area is 177 Å². The zero-order chi connectivity index (χ0) is 23.5. The first kappa shape index (κ1) is 22.6. The third-order valence-electron chi connectivity index (χ3n) is 4.05. The van der Waals surface area contributed by atoms with Crippen LogP contribution in [0.5, 0.6) is 11.6 Å². The number of nitrogens with zero attached hydrogens (tertiary/aromatic N) is 2. The first-order valence-corrected chi connectivity index (χ1v) is 8.75. The highest BCUT2D eigenvalue weighted by Crippen LogP contribution is 2.33. The molecule has 0 aliphatic rings. The largest absolute Gasteiger partial charge is 0.437 e. The number of hydrogen-bond donors (Lipinski definition) is 2. The fourth-order valence-corrected chi connectivity index (χ4v) is 2.46. The third-order valence-corrected chi connectivity index (χ3v) is 4.05. The van der Waals surface area contributed by atoms with Crippen molar-refractivity contribution in [2.24, 2.45) is 5.73 Å². The minimum atomic E-state index is -4.79. The number of primary amides is 1. The number of alkyl halides is 5. The van der Waals surface area contributed by atoms with Crippen molar-refractivity contribution >= 4 is 17.5 Å². The van der Waals surface area contributed by atoms with Crippen molar-refractivity contribution in [1.82, 2.24) is 9.97 Å². The number of nitrogens with one attached hydrogen (secondary N) is 1. The van der Waals surface area contributed by atoms with E-state index in [4.69, 9.17) is 10.5 Å². The molecular weight excluding hydrogens is 439 g/mol. The van der Waals surface area contributed by atoms with E-state index >= 15 is 0 Å². The molecule has 0 aliphatic carbocycles. The summed E-state index contributed by atoms with van der Waals surface area (Å²) in [6, 6.07) is 7.89. The maximum atomic E-state index is 13.1. The minimum absolute atomic E-state index is 0.124. The highest BCUT2D eigenvalue weighted by atomic mass is 19.4. The number of amides is 2. The Bertz CT molecular complexity index is 1130. The summed E-state index contributed by atoms with van der Waals surface area (Å²) in [4.78, 5) is 30.8. The molecule has 7 nitrogen and oxygen atoms in total. The van der Waals surface area contributed by atoms with Gasteiger partial charge in [-0.2, -0.15) is 13.2 Å². The molecule has 0 spiro atoms. The second kappa shape index (κ2) is 8.96. The number of pyridine rings is 2. The molecule has 3 N–H and O–H groups in total. The molecule has 0 radical (unpaired) electrons. The van der Waals surface area contributed by atoms with E-state index in [0.29, 0.717) is 12.3 Å². The van der Waals surface area contributed by atoms with Crippen LogP contribution in [0.25, 0.3) is 0 Å². The van der Waals surface area contributed by atoms with Gasteiger partial charge >= 0.3 is 6.18 Å². The molecule has 3 aromatic rings. The normalized spacial score (nSPS) is 11.3. The number of halogens is 5. The van der Waals surface area contributed by atoms with Gasteiger partial charge in [0.2, 0.25) is 11.8 Å². The maximum absolute atomic E-state index is 13.1. The standard InChI is InChI=1S/C20H13F5N4O3/c21-16(22)15-6-5-13(9-27-15)32-19-14(7-11(8-28-19)20(23,24)25)18(31)29-12-3-1-10(2-4-12)17(26)30/h1-9,16H,(H2,26,30)(H,29,31). The smallest absolute Gasteiger partial charge is 0.417 e. The lowest BCUT2D eigenvalue weighted by molar-refractivity contribution is -0.137. The van der Waals surface area contributed by atoms with E-state index in [0.717, 1.165) is 18.3 Å². The van der Waals surface area contributed by atoms with E-state index in [9.17, 15) is 31.5 Å². The maximum Gasteiger partial charge on any atom is 0.417 e. The van der Waals surface area contributed by atoms with Gasteiger partial charge in [-0.1, -0.05) is 0 Å². The molecule has 2 heterocycles. The fourth-order valence-electron chi connectivity index (χ4n) is 2.46. The van der Waals surface area contributed by atoms with Gasteiger partial charge in [0.25, 0.3) is 12.3 Å². The Hall–Kier alpha value is -4.09. The lowest BCUT2D eigenvalue weighted by Crippen LogP contribution is -2.16. The Balaban J connectivity index is 1.92. The van der Waals surface area contributed by atoms with Crippen molar-refractivity contribution in [3.05, 3.63) is 77.2 Å². The van der Waals surface area contributed by atoms with Crippen LogP contribution in [0.3, 0.4) is 0 Å².